The van der Waals surface area contributed by atoms with E-state index in [4.69, 9.17) is 16.6 Å². The fourth-order valence-electron chi connectivity index (χ4n) is 2.49. The third-order valence-corrected chi connectivity index (χ3v) is 4.28. The number of Topliss-reactive ketones (excluding diaryl/α,β-unsaturated/α-hetero) is 1. The third kappa shape index (κ3) is 8.19. The van der Waals surface area contributed by atoms with Gasteiger partial charge in [-0.25, -0.2) is 4.79 Å². The Labute approximate surface area is 159 Å². The molecule has 3 amide bonds. The van der Waals surface area contributed by atoms with Gasteiger partial charge in [0.2, 0.25) is 5.91 Å². The van der Waals surface area contributed by atoms with E-state index in [1.54, 1.807) is 24.3 Å². The summed E-state index contributed by atoms with van der Waals surface area (Å²) in [6.07, 6.45) is 1.00. The van der Waals surface area contributed by atoms with E-state index in [2.05, 4.69) is 10.6 Å². The average molecular weight is 378 g/mol. The van der Waals surface area contributed by atoms with Crippen LogP contribution in [0.2, 0.25) is 0 Å². The molecular formula is C19H30N4O4. The van der Waals surface area contributed by atoms with Crippen LogP contribution in [0.5, 0.6) is 0 Å². The molecule has 0 aromatic heterocycles. The van der Waals surface area contributed by atoms with E-state index in [-0.39, 0.29) is 30.6 Å². The zero-order chi connectivity index (χ0) is 20.4. The minimum atomic E-state index is -0.701. The van der Waals surface area contributed by atoms with Crippen molar-refractivity contribution in [2.45, 2.75) is 51.8 Å². The zero-order valence-corrected chi connectivity index (χ0v) is 15.9. The van der Waals surface area contributed by atoms with Gasteiger partial charge in [0.1, 0.15) is 0 Å². The highest BCUT2D eigenvalue weighted by molar-refractivity contribution is 5.92. The molecule has 8 nitrogen and oxygen atoms in total. The van der Waals surface area contributed by atoms with Crippen molar-refractivity contribution in [2.24, 2.45) is 17.4 Å². The van der Waals surface area contributed by atoms with Crippen LogP contribution in [-0.2, 0) is 22.6 Å². The molecule has 1 aromatic carbocycles. The smallest absolute Gasteiger partial charge is 0.312 e. The van der Waals surface area contributed by atoms with Crippen LogP contribution in [0.4, 0.5) is 4.79 Å². The van der Waals surface area contributed by atoms with E-state index in [0.29, 0.717) is 19.4 Å². The highest BCUT2D eigenvalue weighted by atomic mass is 16.3. The van der Waals surface area contributed by atoms with Gasteiger partial charge < -0.3 is 27.2 Å². The number of hydrogen-bond acceptors (Lipinski definition) is 5. The first-order valence-electron chi connectivity index (χ1n) is 9.05. The van der Waals surface area contributed by atoms with Crippen molar-refractivity contribution in [1.82, 2.24) is 10.6 Å². The van der Waals surface area contributed by atoms with Gasteiger partial charge in [0.25, 0.3) is 0 Å². The molecule has 0 saturated heterocycles. The third-order valence-electron chi connectivity index (χ3n) is 4.28. The molecule has 0 aliphatic heterocycles. The number of nitrogens with two attached hydrogens (primary N) is 2. The summed E-state index contributed by atoms with van der Waals surface area (Å²) in [4.78, 5) is 35.7. The summed E-state index contributed by atoms with van der Waals surface area (Å²) in [5.74, 6) is -0.569. The number of aliphatic hydroxyl groups is 1. The van der Waals surface area contributed by atoms with Crippen LogP contribution in [0.1, 0.15) is 37.8 Å². The SMILES string of the molecule is CC(C)C(N)C(=O)NC(CCCNC(N)=O)C(=O)Cc1ccc(CO)cc1. The van der Waals surface area contributed by atoms with Crippen molar-refractivity contribution in [3.8, 4) is 0 Å². The van der Waals surface area contributed by atoms with Crippen molar-refractivity contribution in [2.75, 3.05) is 6.54 Å². The van der Waals surface area contributed by atoms with E-state index in [1.165, 1.54) is 0 Å². The van der Waals surface area contributed by atoms with Gasteiger partial charge in [0.15, 0.2) is 5.78 Å². The first kappa shape index (κ1) is 22.6. The van der Waals surface area contributed by atoms with Crippen LogP contribution in [0.15, 0.2) is 24.3 Å². The Kier molecular flexibility index (Phi) is 9.46. The molecular weight excluding hydrogens is 348 g/mol. The first-order chi connectivity index (χ1) is 12.7. The monoisotopic (exact) mass is 378 g/mol. The number of carbonyl (C=O) groups is 3. The van der Waals surface area contributed by atoms with Crippen molar-refractivity contribution >= 4 is 17.7 Å². The maximum Gasteiger partial charge on any atom is 0.312 e. The lowest BCUT2D eigenvalue weighted by Gasteiger charge is -2.22. The highest BCUT2D eigenvalue weighted by Crippen LogP contribution is 2.09. The van der Waals surface area contributed by atoms with Crippen LogP contribution in [0.25, 0.3) is 0 Å². The van der Waals surface area contributed by atoms with Crippen LogP contribution < -0.4 is 22.1 Å². The summed E-state index contributed by atoms with van der Waals surface area (Å²) in [7, 11) is 0. The normalized spacial score (nSPS) is 13.1. The van der Waals surface area contributed by atoms with E-state index < -0.39 is 18.1 Å². The second-order valence-electron chi connectivity index (χ2n) is 6.88. The molecule has 0 heterocycles. The average Bonchev–Trinajstić information content (AvgIpc) is 2.63. The number of ketones is 1. The Bertz CT molecular complexity index is 631. The molecule has 2 atom stereocenters. The zero-order valence-electron chi connectivity index (χ0n) is 15.9. The van der Waals surface area contributed by atoms with Crippen molar-refractivity contribution in [1.29, 1.82) is 0 Å². The Morgan fingerprint density at radius 3 is 2.22 bits per heavy atom. The molecule has 0 fully saturated rings. The van der Waals surface area contributed by atoms with Crippen LogP contribution >= 0.6 is 0 Å². The summed E-state index contributed by atoms with van der Waals surface area (Å²) >= 11 is 0. The van der Waals surface area contributed by atoms with Crippen molar-refractivity contribution in [3.63, 3.8) is 0 Å². The van der Waals surface area contributed by atoms with Crippen molar-refractivity contribution < 1.29 is 19.5 Å². The number of aliphatic hydroxyl groups excluding tert-OH is 1. The minimum Gasteiger partial charge on any atom is -0.392 e. The van der Waals surface area contributed by atoms with Crippen LogP contribution in [0.3, 0.4) is 0 Å². The van der Waals surface area contributed by atoms with E-state index in [9.17, 15) is 14.4 Å². The minimum absolute atomic E-state index is 0.0525. The van der Waals surface area contributed by atoms with Crippen LogP contribution in [0, 0.1) is 5.92 Å². The van der Waals surface area contributed by atoms with Gasteiger partial charge >= 0.3 is 6.03 Å². The number of nitrogens with one attached hydrogen (secondary N) is 2. The summed E-state index contributed by atoms with van der Waals surface area (Å²) in [5.41, 5.74) is 12.4. The number of hydrogen-bond donors (Lipinski definition) is 5. The number of amides is 3. The second-order valence-corrected chi connectivity index (χ2v) is 6.88. The van der Waals surface area contributed by atoms with E-state index >= 15 is 0 Å². The molecule has 7 N–H and O–H groups in total. The van der Waals surface area contributed by atoms with Gasteiger partial charge in [-0.3, -0.25) is 9.59 Å². The first-order valence-corrected chi connectivity index (χ1v) is 9.05. The number of primary amides is 1. The van der Waals surface area contributed by atoms with Gasteiger partial charge in [-0.05, 0) is 29.9 Å². The van der Waals surface area contributed by atoms with Gasteiger partial charge in [0.05, 0.1) is 18.7 Å². The molecule has 8 heteroatoms. The lowest BCUT2D eigenvalue weighted by molar-refractivity contribution is -0.129. The highest BCUT2D eigenvalue weighted by Gasteiger charge is 2.25. The summed E-state index contributed by atoms with van der Waals surface area (Å²) < 4.78 is 0. The molecule has 150 valence electrons. The second kappa shape index (κ2) is 11.3. The van der Waals surface area contributed by atoms with Gasteiger partial charge in [-0.2, -0.15) is 0 Å². The Hall–Kier alpha value is -2.45. The van der Waals surface area contributed by atoms with Gasteiger partial charge in [-0.15, -0.1) is 0 Å². The predicted octanol–water partition coefficient (Wildman–Crippen LogP) is 0.207. The molecule has 1 rings (SSSR count). The molecule has 0 spiro atoms. The van der Waals surface area contributed by atoms with Gasteiger partial charge in [0, 0.05) is 13.0 Å². The van der Waals surface area contributed by atoms with Gasteiger partial charge in [-0.1, -0.05) is 38.1 Å². The van der Waals surface area contributed by atoms with Crippen molar-refractivity contribution in [3.05, 3.63) is 35.4 Å². The fraction of sp³-hybridized carbons (Fsp3) is 0.526. The number of carbonyl (C=O) groups excluding carboxylic acids is 3. The molecule has 1 aromatic rings. The van der Waals surface area contributed by atoms with Crippen LogP contribution in [-0.4, -0.2) is 41.5 Å². The Balaban J connectivity index is 2.75. The lowest BCUT2D eigenvalue weighted by atomic mass is 9.98. The quantitative estimate of drug-likeness (QED) is 0.349. The number of benzene rings is 1. The molecule has 2 unspecified atom stereocenters. The molecule has 27 heavy (non-hydrogen) atoms. The topological polar surface area (TPSA) is 148 Å². The molecule has 0 bridgehead atoms. The molecule has 0 aliphatic rings. The fourth-order valence-corrected chi connectivity index (χ4v) is 2.49. The van der Waals surface area contributed by atoms with E-state index in [1.807, 2.05) is 13.8 Å². The largest absolute Gasteiger partial charge is 0.392 e. The van der Waals surface area contributed by atoms with E-state index in [0.717, 1.165) is 11.1 Å². The maximum absolute atomic E-state index is 12.7. The molecule has 0 saturated carbocycles. The standard InChI is InChI=1S/C19H30N4O4/c1-12(2)17(20)18(26)23-15(4-3-9-22-19(21)27)16(25)10-13-5-7-14(11-24)8-6-13/h5-8,12,15,17,24H,3-4,9-11,20H2,1-2H3,(H,23,26)(H3,21,22,27). The summed E-state index contributed by atoms with van der Waals surface area (Å²) in [6, 6.07) is 5.02. The maximum atomic E-state index is 12.7. The summed E-state index contributed by atoms with van der Waals surface area (Å²) in [5, 5.41) is 14.3. The number of urea groups is 1. The Morgan fingerprint density at radius 2 is 1.70 bits per heavy atom. The lowest BCUT2D eigenvalue weighted by Crippen LogP contribution is -2.50. The predicted molar refractivity (Wildman–Crippen MR) is 103 cm³/mol. The summed E-state index contributed by atoms with van der Waals surface area (Å²) in [6.45, 7) is 3.92. The number of rotatable bonds is 11. The Morgan fingerprint density at radius 1 is 1.11 bits per heavy atom. The molecule has 0 radical (unpaired) electrons. The molecule has 0 aliphatic carbocycles.